The predicted molar refractivity (Wildman–Crippen MR) is 71.9 cm³/mol. The minimum Gasteiger partial charge on any atom is -0.320 e. The van der Waals surface area contributed by atoms with E-state index in [1.807, 2.05) is 7.05 Å². The molecule has 0 aliphatic carbocycles. The first-order valence-corrected chi connectivity index (χ1v) is 6.37. The SMILES string of the molecule is CNCCCCCC(C)(C)c1ccccc1. The van der Waals surface area contributed by atoms with Crippen LogP contribution >= 0.6 is 0 Å². The summed E-state index contributed by atoms with van der Waals surface area (Å²) in [5.74, 6) is 0. The third-order valence-electron chi connectivity index (χ3n) is 3.28. The summed E-state index contributed by atoms with van der Waals surface area (Å²) in [6, 6.07) is 10.9. The van der Waals surface area contributed by atoms with E-state index in [-0.39, 0.29) is 0 Å². The van der Waals surface area contributed by atoms with Gasteiger partial charge in [-0.05, 0) is 37.4 Å². The van der Waals surface area contributed by atoms with E-state index in [2.05, 4.69) is 49.5 Å². The summed E-state index contributed by atoms with van der Waals surface area (Å²) in [6.07, 6.45) is 5.22. The predicted octanol–water partition coefficient (Wildman–Crippen LogP) is 3.74. The van der Waals surface area contributed by atoms with Crippen molar-refractivity contribution in [1.82, 2.24) is 5.32 Å². The Labute approximate surface area is 100 Å². The fourth-order valence-corrected chi connectivity index (χ4v) is 2.08. The highest BCUT2D eigenvalue weighted by Crippen LogP contribution is 2.28. The zero-order chi connectivity index (χ0) is 11.9. The Bertz CT molecular complexity index is 277. The Hall–Kier alpha value is -0.820. The molecule has 0 saturated heterocycles. The molecule has 90 valence electrons. The summed E-state index contributed by atoms with van der Waals surface area (Å²) in [4.78, 5) is 0. The van der Waals surface area contributed by atoms with Gasteiger partial charge in [-0.3, -0.25) is 0 Å². The zero-order valence-electron chi connectivity index (χ0n) is 10.9. The lowest BCUT2D eigenvalue weighted by atomic mass is 9.80. The first-order chi connectivity index (χ1) is 7.67. The molecule has 1 heteroatoms. The molecule has 0 aromatic heterocycles. The van der Waals surface area contributed by atoms with E-state index in [9.17, 15) is 0 Å². The standard InChI is InChI=1S/C15H25N/c1-15(2,12-8-5-9-13-16-3)14-10-6-4-7-11-14/h4,6-7,10-11,16H,5,8-9,12-13H2,1-3H3. The third-order valence-corrected chi connectivity index (χ3v) is 3.28. The van der Waals surface area contributed by atoms with Gasteiger partial charge in [0.15, 0.2) is 0 Å². The van der Waals surface area contributed by atoms with Crippen molar-refractivity contribution in [3.05, 3.63) is 35.9 Å². The molecule has 0 heterocycles. The van der Waals surface area contributed by atoms with Gasteiger partial charge in [-0.25, -0.2) is 0 Å². The second-order valence-electron chi connectivity index (χ2n) is 5.16. The second kappa shape index (κ2) is 6.70. The number of hydrogen-bond donors (Lipinski definition) is 1. The van der Waals surface area contributed by atoms with Crippen LogP contribution in [-0.4, -0.2) is 13.6 Å². The summed E-state index contributed by atoms with van der Waals surface area (Å²) < 4.78 is 0. The number of nitrogens with one attached hydrogen (secondary N) is 1. The minimum absolute atomic E-state index is 0.320. The van der Waals surface area contributed by atoms with Crippen LogP contribution in [0.25, 0.3) is 0 Å². The van der Waals surface area contributed by atoms with Crippen LogP contribution in [-0.2, 0) is 5.41 Å². The molecule has 1 N–H and O–H groups in total. The van der Waals surface area contributed by atoms with Crippen LogP contribution in [0.2, 0.25) is 0 Å². The Morgan fingerprint density at radius 3 is 2.31 bits per heavy atom. The summed E-state index contributed by atoms with van der Waals surface area (Å²) in [5.41, 5.74) is 1.78. The van der Waals surface area contributed by atoms with Crippen molar-refractivity contribution < 1.29 is 0 Å². The van der Waals surface area contributed by atoms with Crippen LogP contribution in [0.5, 0.6) is 0 Å². The monoisotopic (exact) mass is 219 g/mol. The molecule has 0 atom stereocenters. The fourth-order valence-electron chi connectivity index (χ4n) is 2.08. The van der Waals surface area contributed by atoms with Gasteiger partial charge in [0.05, 0.1) is 0 Å². The third kappa shape index (κ3) is 4.36. The zero-order valence-corrected chi connectivity index (χ0v) is 10.9. The van der Waals surface area contributed by atoms with E-state index in [4.69, 9.17) is 0 Å². The van der Waals surface area contributed by atoms with E-state index in [0.717, 1.165) is 6.54 Å². The van der Waals surface area contributed by atoms with Gasteiger partial charge in [0.2, 0.25) is 0 Å². The number of rotatable bonds is 7. The van der Waals surface area contributed by atoms with Gasteiger partial charge in [-0.15, -0.1) is 0 Å². The van der Waals surface area contributed by atoms with Crippen LogP contribution in [0.15, 0.2) is 30.3 Å². The van der Waals surface area contributed by atoms with E-state index in [1.165, 1.54) is 31.2 Å². The largest absolute Gasteiger partial charge is 0.320 e. The first-order valence-electron chi connectivity index (χ1n) is 6.37. The fraction of sp³-hybridized carbons (Fsp3) is 0.600. The van der Waals surface area contributed by atoms with Gasteiger partial charge in [0.25, 0.3) is 0 Å². The van der Waals surface area contributed by atoms with Gasteiger partial charge in [0.1, 0.15) is 0 Å². The Morgan fingerprint density at radius 2 is 1.69 bits per heavy atom. The molecule has 0 amide bonds. The molecule has 1 aromatic carbocycles. The average Bonchev–Trinajstić information content (AvgIpc) is 2.30. The van der Waals surface area contributed by atoms with Crippen molar-refractivity contribution in [2.24, 2.45) is 0 Å². The number of unbranched alkanes of at least 4 members (excludes halogenated alkanes) is 2. The topological polar surface area (TPSA) is 12.0 Å². The maximum Gasteiger partial charge on any atom is -0.00519 e. The Morgan fingerprint density at radius 1 is 1.00 bits per heavy atom. The Kier molecular flexibility index (Phi) is 5.54. The highest BCUT2D eigenvalue weighted by molar-refractivity contribution is 5.23. The smallest absolute Gasteiger partial charge is 0.00519 e. The molecule has 1 nitrogen and oxygen atoms in total. The van der Waals surface area contributed by atoms with E-state index >= 15 is 0 Å². The molecule has 1 aromatic rings. The van der Waals surface area contributed by atoms with E-state index in [1.54, 1.807) is 0 Å². The lowest BCUT2D eigenvalue weighted by molar-refractivity contribution is 0.446. The van der Waals surface area contributed by atoms with Crippen LogP contribution in [0.1, 0.15) is 45.1 Å². The van der Waals surface area contributed by atoms with Gasteiger partial charge in [-0.2, -0.15) is 0 Å². The van der Waals surface area contributed by atoms with Crippen molar-refractivity contribution in [3.63, 3.8) is 0 Å². The van der Waals surface area contributed by atoms with Crippen LogP contribution in [0, 0.1) is 0 Å². The lowest BCUT2D eigenvalue weighted by Crippen LogP contribution is -2.17. The second-order valence-corrected chi connectivity index (χ2v) is 5.16. The van der Waals surface area contributed by atoms with Gasteiger partial charge in [-0.1, -0.05) is 57.0 Å². The molecule has 16 heavy (non-hydrogen) atoms. The molecular formula is C15H25N. The molecule has 0 radical (unpaired) electrons. The molecule has 0 spiro atoms. The maximum atomic E-state index is 3.20. The van der Waals surface area contributed by atoms with E-state index < -0.39 is 0 Å². The number of hydrogen-bond acceptors (Lipinski definition) is 1. The molecule has 0 aliphatic rings. The maximum absolute atomic E-state index is 3.20. The van der Waals surface area contributed by atoms with Crippen LogP contribution < -0.4 is 5.32 Å². The average molecular weight is 219 g/mol. The van der Waals surface area contributed by atoms with Crippen molar-refractivity contribution in [1.29, 1.82) is 0 Å². The van der Waals surface area contributed by atoms with Crippen LogP contribution in [0.4, 0.5) is 0 Å². The Balaban J connectivity index is 2.35. The van der Waals surface area contributed by atoms with Crippen molar-refractivity contribution in [2.45, 2.75) is 44.9 Å². The molecule has 0 bridgehead atoms. The minimum atomic E-state index is 0.320. The van der Waals surface area contributed by atoms with Crippen molar-refractivity contribution in [3.8, 4) is 0 Å². The molecular weight excluding hydrogens is 194 g/mol. The van der Waals surface area contributed by atoms with Crippen molar-refractivity contribution in [2.75, 3.05) is 13.6 Å². The van der Waals surface area contributed by atoms with E-state index in [0.29, 0.717) is 5.41 Å². The van der Waals surface area contributed by atoms with Gasteiger partial charge in [0, 0.05) is 0 Å². The molecule has 1 rings (SSSR count). The summed E-state index contributed by atoms with van der Waals surface area (Å²) in [6.45, 7) is 5.84. The van der Waals surface area contributed by atoms with Gasteiger partial charge < -0.3 is 5.32 Å². The molecule has 0 aliphatic heterocycles. The highest BCUT2D eigenvalue weighted by atomic mass is 14.8. The highest BCUT2D eigenvalue weighted by Gasteiger charge is 2.19. The number of benzene rings is 1. The molecule has 0 saturated carbocycles. The summed E-state index contributed by atoms with van der Waals surface area (Å²) >= 11 is 0. The molecule has 0 unspecified atom stereocenters. The molecule has 0 fully saturated rings. The first kappa shape index (κ1) is 13.2. The van der Waals surface area contributed by atoms with Gasteiger partial charge >= 0.3 is 0 Å². The van der Waals surface area contributed by atoms with Crippen molar-refractivity contribution >= 4 is 0 Å². The summed E-state index contributed by atoms with van der Waals surface area (Å²) in [7, 11) is 2.02. The quantitative estimate of drug-likeness (QED) is 0.689. The van der Waals surface area contributed by atoms with Crippen LogP contribution in [0.3, 0.4) is 0 Å². The normalized spacial score (nSPS) is 11.7. The summed E-state index contributed by atoms with van der Waals surface area (Å²) in [5, 5.41) is 3.20. The lowest BCUT2D eigenvalue weighted by Gasteiger charge is -2.25.